The molecular formula is C17H8ClF2NO4. The van der Waals surface area contributed by atoms with Crippen LogP contribution in [0.1, 0.15) is 11.1 Å². The first-order valence-corrected chi connectivity index (χ1v) is 7.46. The van der Waals surface area contributed by atoms with Gasteiger partial charge in [-0.25, -0.2) is 18.6 Å². The molecule has 0 unspecified atom stereocenters. The number of benzene rings is 2. The minimum Gasteiger partial charge on any atom is -0.454 e. The highest BCUT2D eigenvalue weighted by molar-refractivity contribution is 6.34. The summed E-state index contributed by atoms with van der Waals surface area (Å²) in [6, 6.07) is 6.72. The van der Waals surface area contributed by atoms with E-state index >= 15 is 0 Å². The van der Waals surface area contributed by atoms with E-state index in [1.54, 1.807) is 18.2 Å². The molecule has 0 aromatic heterocycles. The summed E-state index contributed by atoms with van der Waals surface area (Å²) in [6.07, 6.45) is 1.48. The third-order valence-corrected chi connectivity index (χ3v) is 3.87. The lowest BCUT2D eigenvalue weighted by atomic mass is 10.1. The molecule has 0 fully saturated rings. The van der Waals surface area contributed by atoms with E-state index in [0.717, 1.165) is 12.1 Å². The Morgan fingerprint density at radius 3 is 2.68 bits per heavy atom. The van der Waals surface area contributed by atoms with Crippen LogP contribution < -0.4 is 9.47 Å². The predicted molar refractivity (Wildman–Crippen MR) is 84.5 cm³/mol. The van der Waals surface area contributed by atoms with Crippen LogP contribution in [-0.2, 0) is 9.53 Å². The fourth-order valence-corrected chi connectivity index (χ4v) is 2.60. The average Bonchev–Trinajstić information content (AvgIpc) is 3.17. The van der Waals surface area contributed by atoms with Crippen LogP contribution >= 0.6 is 11.6 Å². The number of cyclic esters (lactones) is 1. The number of esters is 1. The smallest absolute Gasteiger partial charge is 0.363 e. The highest BCUT2D eigenvalue weighted by atomic mass is 35.5. The Hall–Kier alpha value is -2.93. The third-order valence-electron chi connectivity index (χ3n) is 3.56. The van der Waals surface area contributed by atoms with Crippen LogP contribution in [0, 0.1) is 11.6 Å². The second kappa shape index (κ2) is 5.86. The summed E-state index contributed by atoms with van der Waals surface area (Å²) in [4.78, 5) is 16.0. The van der Waals surface area contributed by atoms with E-state index in [-0.39, 0.29) is 29.0 Å². The van der Waals surface area contributed by atoms with E-state index < -0.39 is 17.6 Å². The van der Waals surface area contributed by atoms with Gasteiger partial charge in [0, 0.05) is 0 Å². The lowest BCUT2D eigenvalue weighted by molar-refractivity contribution is -0.129. The second-order valence-corrected chi connectivity index (χ2v) is 5.60. The van der Waals surface area contributed by atoms with E-state index in [9.17, 15) is 13.6 Å². The summed E-state index contributed by atoms with van der Waals surface area (Å²) in [5.41, 5.74) is 0.621. The maximum atomic E-state index is 13.4. The molecule has 2 aliphatic heterocycles. The van der Waals surface area contributed by atoms with Crippen molar-refractivity contribution in [3.63, 3.8) is 0 Å². The number of ether oxygens (including phenoxy) is 3. The highest BCUT2D eigenvalue weighted by Crippen LogP contribution is 2.33. The van der Waals surface area contributed by atoms with Crippen LogP contribution in [0.2, 0.25) is 5.02 Å². The lowest BCUT2D eigenvalue weighted by Gasteiger charge is -2.03. The molecular weight excluding hydrogens is 356 g/mol. The van der Waals surface area contributed by atoms with E-state index in [0.29, 0.717) is 17.1 Å². The van der Waals surface area contributed by atoms with Gasteiger partial charge in [0.15, 0.2) is 28.8 Å². The standard InChI is InChI=1S/C17H8ClF2NO4/c18-10-6-12(20)11(19)5-9(10)16-21-13(17(22)25-16)3-8-1-2-14-15(4-8)24-7-23-14/h1-6H,7H2. The van der Waals surface area contributed by atoms with Crippen molar-refractivity contribution in [2.75, 3.05) is 6.79 Å². The molecule has 126 valence electrons. The summed E-state index contributed by atoms with van der Waals surface area (Å²) >= 11 is 5.87. The number of fused-ring (bicyclic) bond motifs is 1. The first kappa shape index (κ1) is 15.6. The van der Waals surface area contributed by atoms with Gasteiger partial charge in [-0.1, -0.05) is 17.7 Å². The van der Waals surface area contributed by atoms with Gasteiger partial charge in [-0.2, -0.15) is 0 Å². The van der Waals surface area contributed by atoms with Gasteiger partial charge in [-0.05, 0) is 35.9 Å². The van der Waals surface area contributed by atoms with E-state index in [4.69, 9.17) is 25.8 Å². The second-order valence-electron chi connectivity index (χ2n) is 5.19. The van der Waals surface area contributed by atoms with Gasteiger partial charge in [-0.3, -0.25) is 0 Å². The highest BCUT2D eigenvalue weighted by Gasteiger charge is 2.27. The molecule has 8 heteroatoms. The van der Waals surface area contributed by atoms with Crippen molar-refractivity contribution in [3.8, 4) is 11.5 Å². The first-order valence-electron chi connectivity index (χ1n) is 7.08. The van der Waals surface area contributed by atoms with Crippen molar-refractivity contribution >= 4 is 29.5 Å². The van der Waals surface area contributed by atoms with Crippen LogP contribution in [-0.4, -0.2) is 18.7 Å². The Morgan fingerprint density at radius 1 is 1.08 bits per heavy atom. The van der Waals surface area contributed by atoms with Gasteiger partial charge in [0.05, 0.1) is 10.6 Å². The fraction of sp³-hybridized carbons (Fsp3) is 0.0588. The van der Waals surface area contributed by atoms with Crippen LogP contribution in [0.3, 0.4) is 0 Å². The minimum absolute atomic E-state index is 0.00494. The molecule has 0 aliphatic carbocycles. The summed E-state index contributed by atoms with van der Waals surface area (Å²) in [5.74, 6) is -1.99. The Kier molecular flexibility index (Phi) is 3.65. The maximum absolute atomic E-state index is 13.4. The van der Waals surface area contributed by atoms with Gasteiger partial charge < -0.3 is 14.2 Å². The topological polar surface area (TPSA) is 57.1 Å². The number of nitrogens with zero attached hydrogens (tertiary/aromatic N) is 1. The van der Waals surface area contributed by atoms with Gasteiger partial charge >= 0.3 is 5.97 Å². The normalized spacial score (nSPS) is 17.0. The SMILES string of the molecule is O=C1OC(c2cc(F)c(F)cc2Cl)=NC1=Cc1ccc2c(c1)OCO2. The molecule has 2 aromatic carbocycles. The summed E-state index contributed by atoms with van der Waals surface area (Å²) < 4.78 is 42.1. The van der Waals surface area contributed by atoms with Crippen molar-refractivity contribution in [2.24, 2.45) is 4.99 Å². The van der Waals surface area contributed by atoms with Crippen LogP contribution in [0.15, 0.2) is 41.0 Å². The molecule has 0 atom stereocenters. The predicted octanol–water partition coefficient (Wildman–Crippen LogP) is 3.69. The molecule has 2 heterocycles. The van der Waals surface area contributed by atoms with Crippen LogP contribution in [0.5, 0.6) is 11.5 Å². The van der Waals surface area contributed by atoms with Crippen molar-refractivity contribution in [3.05, 3.63) is 63.8 Å². The van der Waals surface area contributed by atoms with Crippen molar-refractivity contribution in [1.82, 2.24) is 0 Å². The Morgan fingerprint density at radius 2 is 1.84 bits per heavy atom. The van der Waals surface area contributed by atoms with E-state index in [1.165, 1.54) is 6.08 Å². The van der Waals surface area contributed by atoms with Crippen molar-refractivity contribution in [1.29, 1.82) is 0 Å². The van der Waals surface area contributed by atoms with E-state index in [2.05, 4.69) is 4.99 Å². The zero-order valence-corrected chi connectivity index (χ0v) is 13.1. The number of aliphatic imine (C=N–C) groups is 1. The third kappa shape index (κ3) is 2.83. The molecule has 0 N–H and O–H groups in total. The molecule has 5 nitrogen and oxygen atoms in total. The van der Waals surface area contributed by atoms with Crippen molar-refractivity contribution in [2.45, 2.75) is 0 Å². The molecule has 0 bridgehead atoms. The lowest BCUT2D eigenvalue weighted by Crippen LogP contribution is -2.07. The average molecular weight is 364 g/mol. The Bertz CT molecular complexity index is 971. The fourth-order valence-electron chi connectivity index (χ4n) is 2.37. The number of hydrogen-bond donors (Lipinski definition) is 0. The molecule has 0 saturated heterocycles. The Labute approximate surface area is 145 Å². The summed E-state index contributed by atoms with van der Waals surface area (Å²) in [6.45, 7) is 0.133. The molecule has 25 heavy (non-hydrogen) atoms. The monoisotopic (exact) mass is 363 g/mol. The molecule has 0 saturated carbocycles. The zero-order chi connectivity index (χ0) is 17.6. The quantitative estimate of drug-likeness (QED) is 0.464. The first-order chi connectivity index (χ1) is 12.0. The van der Waals surface area contributed by atoms with Gasteiger partial charge in [-0.15, -0.1) is 0 Å². The van der Waals surface area contributed by atoms with E-state index in [1.807, 2.05) is 0 Å². The Balaban J connectivity index is 1.70. The molecule has 2 aromatic rings. The number of hydrogen-bond acceptors (Lipinski definition) is 5. The number of rotatable bonds is 2. The molecule has 0 spiro atoms. The summed E-state index contributed by atoms with van der Waals surface area (Å²) in [5, 5.41) is -0.116. The minimum atomic E-state index is -1.12. The maximum Gasteiger partial charge on any atom is 0.363 e. The largest absolute Gasteiger partial charge is 0.454 e. The summed E-state index contributed by atoms with van der Waals surface area (Å²) in [7, 11) is 0. The molecule has 2 aliphatic rings. The van der Waals surface area contributed by atoms with Crippen LogP contribution in [0.4, 0.5) is 8.78 Å². The van der Waals surface area contributed by atoms with Crippen molar-refractivity contribution < 1.29 is 27.8 Å². The zero-order valence-electron chi connectivity index (χ0n) is 12.4. The van der Waals surface area contributed by atoms with Crippen LogP contribution in [0.25, 0.3) is 6.08 Å². The van der Waals surface area contributed by atoms with Gasteiger partial charge in [0.25, 0.3) is 0 Å². The molecule has 4 rings (SSSR count). The molecule has 0 radical (unpaired) electrons. The van der Waals surface area contributed by atoms with Gasteiger partial charge in [0.1, 0.15) is 0 Å². The molecule has 0 amide bonds. The number of halogens is 3. The number of carbonyl (C=O) groups is 1. The van der Waals surface area contributed by atoms with Gasteiger partial charge in [0.2, 0.25) is 12.7 Å². The number of carbonyl (C=O) groups excluding carboxylic acids is 1.